The topological polar surface area (TPSA) is 168 Å². The van der Waals surface area contributed by atoms with Crippen LogP contribution in [-0.4, -0.2) is 29.5 Å². The number of nitrogens with zero attached hydrogens (tertiary/aromatic N) is 6. The molecule has 0 spiro atoms. The first-order valence-electron chi connectivity index (χ1n) is 10.6. The van der Waals surface area contributed by atoms with E-state index in [1.165, 1.54) is 6.33 Å². The summed E-state index contributed by atoms with van der Waals surface area (Å²) < 4.78 is 7.66. The van der Waals surface area contributed by atoms with E-state index in [2.05, 4.69) is 30.5 Å². The number of aryl methyl sites for hydroxylation is 1. The van der Waals surface area contributed by atoms with Crippen LogP contribution in [0.4, 0.5) is 11.5 Å². The Kier molecular flexibility index (Phi) is 5.55. The molecular weight excluding hydrogens is 444 g/mol. The third kappa shape index (κ3) is 4.64. The molecule has 5 aromatic rings. The number of hydrogen-bond acceptors (Lipinski definition) is 10. The molecule has 35 heavy (non-hydrogen) atoms. The standard InChI is InChI=1S/C24H22N10O/c1-14-8-16(3-6-20(14)35-23-10-22-33-31-13-34(22)12-30-23)32-24-17-9-15(18(25)4-7-21(26)27)2-5-19(17)28-11-29-24/h2-13H,25-27H2,1H3,(H,28,29,32)/b18-4-. The summed E-state index contributed by atoms with van der Waals surface area (Å²) in [6, 6.07) is 13.1. The highest BCUT2D eigenvalue weighted by molar-refractivity contribution is 5.93. The molecule has 0 aliphatic heterocycles. The van der Waals surface area contributed by atoms with Crippen LogP contribution >= 0.6 is 0 Å². The lowest BCUT2D eigenvalue weighted by Gasteiger charge is -2.12. The number of nitrogens with one attached hydrogen (secondary N) is 1. The molecule has 0 saturated heterocycles. The number of benzene rings is 2. The molecule has 0 bridgehead atoms. The molecule has 0 unspecified atom stereocenters. The zero-order valence-corrected chi connectivity index (χ0v) is 18.8. The second-order valence-corrected chi connectivity index (χ2v) is 7.77. The van der Waals surface area contributed by atoms with E-state index in [1.807, 2.05) is 43.3 Å². The van der Waals surface area contributed by atoms with E-state index < -0.39 is 0 Å². The van der Waals surface area contributed by atoms with Crippen molar-refractivity contribution >= 4 is 33.8 Å². The van der Waals surface area contributed by atoms with Gasteiger partial charge < -0.3 is 27.3 Å². The van der Waals surface area contributed by atoms with E-state index in [1.54, 1.807) is 35.3 Å². The predicted octanol–water partition coefficient (Wildman–Crippen LogP) is 2.97. The molecule has 7 N–H and O–H groups in total. The fraction of sp³-hybridized carbons (Fsp3) is 0.0417. The van der Waals surface area contributed by atoms with Crippen molar-refractivity contribution in [3.05, 3.63) is 90.5 Å². The fourth-order valence-corrected chi connectivity index (χ4v) is 3.48. The first-order chi connectivity index (χ1) is 17.0. The minimum Gasteiger partial charge on any atom is -0.439 e. The van der Waals surface area contributed by atoms with E-state index in [0.29, 0.717) is 28.8 Å². The van der Waals surface area contributed by atoms with Crippen LogP contribution in [0.25, 0.3) is 22.2 Å². The third-order valence-electron chi connectivity index (χ3n) is 5.24. The van der Waals surface area contributed by atoms with E-state index in [0.717, 1.165) is 27.7 Å². The third-order valence-corrected chi connectivity index (χ3v) is 5.24. The summed E-state index contributed by atoms with van der Waals surface area (Å²) in [6.45, 7) is 1.95. The fourth-order valence-electron chi connectivity index (χ4n) is 3.48. The Labute approximate surface area is 200 Å². The Hall–Kier alpha value is -5.19. The Bertz CT molecular complexity index is 1600. The summed E-state index contributed by atoms with van der Waals surface area (Å²) >= 11 is 0. The Morgan fingerprint density at radius 3 is 2.69 bits per heavy atom. The summed E-state index contributed by atoms with van der Waals surface area (Å²) in [4.78, 5) is 13.1. The van der Waals surface area contributed by atoms with Crippen LogP contribution in [0.5, 0.6) is 11.6 Å². The summed E-state index contributed by atoms with van der Waals surface area (Å²) in [7, 11) is 0. The van der Waals surface area contributed by atoms with Crippen molar-refractivity contribution in [2.45, 2.75) is 6.92 Å². The molecule has 3 heterocycles. The summed E-state index contributed by atoms with van der Waals surface area (Å²) in [5, 5.41) is 12.0. The van der Waals surface area contributed by atoms with Crippen LogP contribution < -0.4 is 27.3 Å². The molecule has 0 amide bonds. The van der Waals surface area contributed by atoms with Crippen molar-refractivity contribution in [3.8, 4) is 11.6 Å². The van der Waals surface area contributed by atoms with Gasteiger partial charge in [0.1, 0.15) is 30.5 Å². The van der Waals surface area contributed by atoms with Crippen LogP contribution in [0.15, 0.2) is 79.4 Å². The van der Waals surface area contributed by atoms with Crippen molar-refractivity contribution < 1.29 is 4.74 Å². The maximum absolute atomic E-state index is 6.18. The van der Waals surface area contributed by atoms with E-state index in [9.17, 15) is 0 Å². The predicted molar refractivity (Wildman–Crippen MR) is 133 cm³/mol. The monoisotopic (exact) mass is 466 g/mol. The largest absolute Gasteiger partial charge is 0.439 e. The van der Waals surface area contributed by atoms with Gasteiger partial charge in [0.2, 0.25) is 5.88 Å². The van der Waals surface area contributed by atoms with Gasteiger partial charge >= 0.3 is 0 Å². The highest BCUT2D eigenvalue weighted by Crippen LogP contribution is 2.30. The summed E-state index contributed by atoms with van der Waals surface area (Å²) in [5.74, 6) is 1.93. The minimum atomic E-state index is 0.178. The molecule has 0 saturated carbocycles. The molecule has 0 radical (unpaired) electrons. The quantitative estimate of drug-likeness (QED) is 0.273. The summed E-state index contributed by atoms with van der Waals surface area (Å²) in [6.07, 6.45) is 7.90. The van der Waals surface area contributed by atoms with Crippen LogP contribution in [0.1, 0.15) is 11.1 Å². The second-order valence-electron chi connectivity index (χ2n) is 7.77. The molecule has 0 aliphatic rings. The van der Waals surface area contributed by atoms with Gasteiger partial charge in [-0.1, -0.05) is 6.07 Å². The Balaban J connectivity index is 1.41. The maximum Gasteiger partial charge on any atom is 0.224 e. The lowest BCUT2D eigenvalue weighted by molar-refractivity contribution is 0.458. The normalized spacial score (nSPS) is 11.5. The average Bonchev–Trinajstić information content (AvgIpc) is 3.32. The molecule has 11 nitrogen and oxygen atoms in total. The van der Waals surface area contributed by atoms with Crippen LogP contribution in [-0.2, 0) is 0 Å². The van der Waals surface area contributed by atoms with Gasteiger partial charge in [0.15, 0.2) is 5.65 Å². The highest BCUT2D eigenvalue weighted by atomic mass is 16.5. The zero-order chi connectivity index (χ0) is 24.4. The van der Waals surface area contributed by atoms with Crippen molar-refractivity contribution in [3.63, 3.8) is 0 Å². The van der Waals surface area contributed by atoms with Crippen molar-refractivity contribution in [1.82, 2.24) is 29.5 Å². The van der Waals surface area contributed by atoms with Crippen molar-refractivity contribution in [2.24, 2.45) is 17.2 Å². The van der Waals surface area contributed by atoms with Gasteiger partial charge in [-0.05, 0) is 60.5 Å². The van der Waals surface area contributed by atoms with E-state index in [4.69, 9.17) is 21.9 Å². The molecule has 3 aromatic heterocycles. The Morgan fingerprint density at radius 2 is 1.86 bits per heavy atom. The minimum absolute atomic E-state index is 0.178. The number of allylic oxidation sites excluding steroid dienone is 2. The van der Waals surface area contributed by atoms with Gasteiger partial charge in [-0.3, -0.25) is 4.40 Å². The van der Waals surface area contributed by atoms with Gasteiger partial charge in [-0.25, -0.2) is 15.0 Å². The number of rotatable bonds is 6. The van der Waals surface area contributed by atoms with E-state index >= 15 is 0 Å². The van der Waals surface area contributed by atoms with Gasteiger partial charge in [0, 0.05) is 22.8 Å². The van der Waals surface area contributed by atoms with Crippen LogP contribution in [0.3, 0.4) is 0 Å². The number of anilines is 2. The molecule has 11 heteroatoms. The molecule has 2 aromatic carbocycles. The molecule has 0 fully saturated rings. The van der Waals surface area contributed by atoms with E-state index in [-0.39, 0.29) is 5.82 Å². The zero-order valence-electron chi connectivity index (χ0n) is 18.8. The molecule has 0 aliphatic carbocycles. The smallest absolute Gasteiger partial charge is 0.224 e. The number of nitrogens with two attached hydrogens (primary N) is 3. The maximum atomic E-state index is 6.18. The van der Waals surface area contributed by atoms with Crippen LogP contribution in [0, 0.1) is 6.92 Å². The molecule has 5 rings (SSSR count). The first-order valence-corrected chi connectivity index (χ1v) is 10.6. The SMILES string of the molecule is Cc1cc(Nc2ncnc3ccc(/C(N)=C/C=C(N)N)cc23)ccc1Oc1cc2nncn2cn1. The van der Waals surface area contributed by atoms with Gasteiger partial charge in [0.25, 0.3) is 0 Å². The second kappa shape index (κ2) is 8.98. The number of fused-ring (bicyclic) bond motifs is 2. The number of aromatic nitrogens is 6. The number of hydrogen-bond donors (Lipinski definition) is 4. The Morgan fingerprint density at radius 1 is 0.971 bits per heavy atom. The summed E-state index contributed by atoms with van der Waals surface area (Å²) in [5.41, 5.74) is 21.7. The van der Waals surface area contributed by atoms with Crippen LogP contribution in [0.2, 0.25) is 0 Å². The van der Waals surface area contributed by atoms with Gasteiger partial charge in [-0.2, -0.15) is 0 Å². The lowest BCUT2D eigenvalue weighted by atomic mass is 10.1. The van der Waals surface area contributed by atoms with Crippen molar-refractivity contribution in [1.29, 1.82) is 0 Å². The molecule has 174 valence electrons. The first kappa shape index (κ1) is 21.6. The average molecular weight is 467 g/mol. The molecule has 0 atom stereocenters. The van der Waals surface area contributed by atoms with Gasteiger partial charge in [0.05, 0.1) is 11.3 Å². The van der Waals surface area contributed by atoms with Gasteiger partial charge in [-0.15, -0.1) is 10.2 Å². The molecular formula is C24H22N10O. The van der Waals surface area contributed by atoms with Crippen molar-refractivity contribution in [2.75, 3.05) is 5.32 Å². The highest BCUT2D eigenvalue weighted by Gasteiger charge is 2.10. The number of ether oxygens (including phenoxy) is 1. The lowest BCUT2D eigenvalue weighted by Crippen LogP contribution is -2.07.